The highest BCUT2D eigenvalue weighted by atomic mass is 16.5. The van der Waals surface area contributed by atoms with E-state index in [2.05, 4.69) is 0 Å². The number of benzene rings is 1. The van der Waals surface area contributed by atoms with Crippen molar-refractivity contribution < 1.29 is 64.5 Å². The van der Waals surface area contributed by atoms with Crippen molar-refractivity contribution in [3.05, 3.63) is 115 Å². The number of carbonyl (C=O) groups is 5. The Morgan fingerprint density at radius 3 is 1.73 bits per heavy atom. The summed E-state index contributed by atoms with van der Waals surface area (Å²) in [6, 6.07) is 6.47. The van der Waals surface area contributed by atoms with E-state index in [4.69, 9.17) is 10.5 Å². The van der Waals surface area contributed by atoms with E-state index in [0.717, 1.165) is 0 Å². The molecule has 1 aliphatic heterocycles. The molecule has 14 nitrogen and oxygen atoms in total. The number of carbonyl (C=O) groups excluding carboxylic acids is 5. The molecule has 0 fully saturated rings. The Hall–Kier alpha value is -4.93. The van der Waals surface area contributed by atoms with Gasteiger partial charge in [-0.1, -0.05) is 113 Å². The lowest BCUT2D eigenvalue weighted by atomic mass is 9.83. The van der Waals surface area contributed by atoms with Crippen LogP contribution in [-0.4, -0.2) is 114 Å². The molecular weight excluding hydrogens is 859 g/mol. The lowest BCUT2D eigenvalue weighted by Crippen LogP contribution is -2.34. The molecule has 370 valence electrons. The second-order valence-corrected chi connectivity index (χ2v) is 18.0. The van der Waals surface area contributed by atoms with Gasteiger partial charge in [-0.05, 0) is 61.8 Å². The van der Waals surface area contributed by atoms with Crippen molar-refractivity contribution in [1.29, 1.82) is 0 Å². The first-order valence-electron chi connectivity index (χ1n) is 23.3. The van der Waals surface area contributed by atoms with E-state index in [1.165, 1.54) is 6.08 Å². The number of hydrogen-bond donors (Lipinski definition) is 8. The normalized spacial score (nSPS) is 28.6. The maximum Gasteiger partial charge on any atom is 0.313 e. The van der Waals surface area contributed by atoms with Crippen molar-refractivity contribution >= 4 is 34.8 Å². The minimum Gasteiger partial charge on any atom is -0.461 e. The number of ketones is 4. The Labute approximate surface area is 396 Å². The van der Waals surface area contributed by atoms with E-state index in [1.54, 1.807) is 55.5 Å². The Balaban J connectivity index is 2.18. The number of hydrogen-bond acceptors (Lipinski definition) is 14. The lowest BCUT2D eigenvalue weighted by molar-refractivity contribution is -0.155. The van der Waals surface area contributed by atoms with Crippen LogP contribution < -0.4 is 5.73 Å². The van der Waals surface area contributed by atoms with Crippen molar-refractivity contribution in [1.82, 2.24) is 0 Å². The van der Waals surface area contributed by atoms with Gasteiger partial charge in [0.15, 0.2) is 5.78 Å². The van der Waals surface area contributed by atoms with Gasteiger partial charge in [-0.3, -0.25) is 24.0 Å². The molecule has 1 heterocycles. The van der Waals surface area contributed by atoms with Gasteiger partial charge in [0.2, 0.25) is 0 Å². The monoisotopic (exact) mass is 934 g/mol. The minimum atomic E-state index is -1.29. The fourth-order valence-electron chi connectivity index (χ4n) is 7.72. The second kappa shape index (κ2) is 31.9. The SMILES string of the molecule is C[C@H]1[C@@H](O)CC(=O)C[C@H](O)C[C@H](O)C[C@H](O)CC(=O)CCCC(=O)CC(=O)O[C@@H]([C@@H](C)C[C@@H](C)[C@H](O)CC(=O)c2ccc(N)cc2)[C@@H](C)C=CC=CC=CC=CC=CC=CC=C[C@@H](O)C[C@@H]1O. The predicted octanol–water partition coefficient (Wildman–Crippen LogP) is 5.73. The number of rotatable bonds is 7. The van der Waals surface area contributed by atoms with Gasteiger partial charge < -0.3 is 46.2 Å². The summed E-state index contributed by atoms with van der Waals surface area (Å²) >= 11 is 0. The van der Waals surface area contributed by atoms with Crippen LogP contribution in [0.5, 0.6) is 0 Å². The number of cyclic esters (lactones) is 1. The number of Topliss-reactive ketones (excluding diaryl/α,β-unsaturated/α-hetero) is 4. The van der Waals surface area contributed by atoms with Crippen molar-refractivity contribution in [2.24, 2.45) is 23.7 Å². The summed E-state index contributed by atoms with van der Waals surface area (Å²) in [5.41, 5.74) is 6.70. The molecule has 0 aliphatic carbocycles. The van der Waals surface area contributed by atoms with Gasteiger partial charge in [-0.15, -0.1) is 0 Å². The third kappa shape index (κ3) is 25.1. The van der Waals surface area contributed by atoms with Crippen LogP contribution in [-0.2, 0) is 23.9 Å². The molecular formula is C53H75NO13. The molecule has 1 aromatic carbocycles. The van der Waals surface area contributed by atoms with Crippen LogP contribution in [0, 0.1) is 23.7 Å². The van der Waals surface area contributed by atoms with Crippen LogP contribution in [0.4, 0.5) is 5.69 Å². The maximum absolute atomic E-state index is 13.2. The highest BCUT2D eigenvalue weighted by Crippen LogP contribution is 2.28. The predicted molar refractivity (Wildman–Crippen MR) is 258 cm³/mol. The first kappa shape index (κ1) is 58.2. The number of aliphatic hydroxyl groups is 7. The van der Waals surface area contributed by atoms with E-state index in [-0.39, 0.29) is 87.1 Å². The molecule has 1 aromatic rings. The molecule has 0 spiro atoms. The number of nitrogens with two attached hydrogens (primary N) is 1. The van der Waals surface area contributed by atoms with Crippen LogP contribution in [0.2, 0.25) is 0 Å². The zero-order chi connectivity index (χ0) is 49.9. The van der Waals surface area contributed by atoms with Crippen LogP contribution in [0.3, 0.4) is 0 Å². The standard InChI is InChI=1S/C53H75NO13/c1-35-18-15-13-11-9-7-5-6-8-10-12-14-16-19-42(56)31-49(63)38(4)50(64)32-47(61)30-46(60)29-45(59)28-44(58)27-41(55)20-17-21-43(57)33-52(66)67-53(35)37(3)26-36(2)48(62)34-51(65)39-22-24-40(54)25-23-39/h5-16,18-19,22-25,35-38,42,44-46,48-50,53,56,58-60,62-64H,17,20-21,26-34,54H2,1-4H3/t35-,36+,37-,38+,42+,44+,45+,46+,48+,49-,50-,53+/m0/s1. The second-order valence-electron chi connectivity index (χ2n) is 18.0. The van der Waals surface area contributed by atoms with Gasteiger partial charge >= 0.3 is 5.97 Å². The summed E-state index contributed by atoms with van der Waals surface area (Å²) in [7, 11) is 0. The number of ether oxygens (including phenoxy) is 1. The van der Waals surface area contributed by atoms with E-state index < -0.39 is 85.1 Å². The Morgan fingerprint density at radius 2 is 1.16 bits per heavy atom. The molecule has 12 atom stereocenters. The zero-order valence-electron chi connectivity index (χ0n) is 39.5. The summed E-state index contributed by atoms with van der Waals surface area (Å²) in [5.74, 6) is -4.01. The number of allylic oxidation sites excluding steroid dienone is 12. The smallest absolute Gasteiger partial charge is 0.313 e. The first-order valence-corrected chi connectivity index (χ1v) is 23.3. The molecule has 0 unspecified atom stereocenters. The summed E-state index contributed by atoms with van der Waals surface area (Å²) in [5, 5.41) is 73.8. The van der Waals surface area contributed by atoms with Gasteiger partial charge in [0, 0.05) is 68.0 Å². The van der Waals surface area contributed by atoms with Gasteiger partial charge in [-0.2, -0.15) is 0 Å². The summed E-state index contributed by atoms with van der Waals surface area (Å²) in [6.07, 6.45) is 14.0. The van der Waals surface area contributed by atoms with Crippen molar-refractivity contribution in [3.63, 3.8) is 0 Å². The largest absolute Gasteiger partial charge is 0.461 e. The third-order valence-corrected chi connectivity index (χ3v) is 11.7. The van der Waals surface area contributed by atoms with Crippen LogP contribution in [0.15, 0.2) is 109 Å². The summed E-state index contributed by atoms with van der Waals surface area (Å²) in [4.78, 5) is 64.1. The van der Waals surface area contributed by atoms with Crippen molar-refractivity contribution in [3.8, 4) is 0 Å². The fraction of sp³-hybridized carbons (Fsp3) is 0.528. The van der Waals surface area contributed by atoms with Crippen molar-refractivity contribution in [2.75, 3.05) is 5.73 Å². The van der Waals surface area contributed by atoms with Crippen molar-refractivity contribution in [2.45, 2.75) is 154 Å². The molecule has 0 saturated carbocycles. The molecule has 0 saturated heterocycles. The van der Waals surface area contributed by atoms with Crippen LogP contribution in [0.25, 0.3) is 0 Å². The van der Waals surface area contributed by atoms with Crippen LogP contribution >= 0.6 is 0 Å². The first-order chi connectivity index (χ1) is 31.7. The average molecular weight is 934 g/mol. The zero-order valence-corrected chi connectivity index (χ0v) is 39.5. The molecule has 2 rings (SSSR count). The Kier molecular flexibility index (Phi) is 27.7. The lowest BCUT2D eigenvalue weighted by Gasteiger charge is -2.31. The summed E-state index contributed by atoms with van der Waals surface area (Å²) in [6.45, 7) is 7.13. The minimum absolute atomic E-state index is 0.0634. The van der Waals surface area contributed by atoms with E-state index in [0.29, 0.717) is 17.7 Å². The van der Waals surface area contributed by atoms with Gasteiger partial charge in [-0.25, -0.2) is 0 Å². The average Bonchev–Trinajstić information content (AvgIpc) is 3.24. The highest BCUT2D eigenvalue weighted by Gasteiger charge is 2.31. The molecule has 0 bridgehead atoms. The van der Waals surface area contributed by atoms with Gasteiger partial charge in [0.05, 0.1) is 42.7 Å². The molecule has 1 aliphatic rings. The van der Waals surface area contributed by atoms with Gasteiger partial charge in [0.1, 0.15) is 29.9 Å². The summed E-state index contributed by atoms with van der Waals surface area (Å²) < 4.78 is 5.93. The number of nitrogen functional groups attached to an aromatic ring is 1. The highest BCUT2D eigenvalue weighted by molar-refractivity contribution is 5.97. The maximum atomic E-state index is 13.2. The van der Waals surface area contributed by atoms with Crippen LogP contribution in [0.1, 0.15) is 115 Å². The quantitative estimate of drug-likeness (QED) is 0.0703. The fourth-order valence-corrected chi connectivity index (χ4v) is 7.72. The topological polar surface area (TPSA) is 262 Å². The number of aliphatic hydroxyl groups excluding tert-OH is 7. The Bertz CT molecular complexity index is 1900. The molecule has 14 heteroatoms. The molecule has 9 N–H and O–H groups in total. The van der Waals surface area contributed by atoms with E-state index >= 15 is 0 Å². The van der Waals surface area contributed by atoms with Gasteiger partial charge in [0.25, 0.3) is 0 Å². The molecule has 0 aromatic heterocycles. The Morgan fingerprint density at radius 1 is 0.657 bits per heavy atom. The number of esters is 1. The number of anilines is 1. The third-order valence-electron chi connectivity index (χ3n) is 11.7. The molecule has 67 heavy (non-hydrogen) atoms. The molecule has 0 radical (unpaired) electrons. The van der Waals surface area contributed by atoms with E-state index in [1.807, 2.05) is 75.5 Å². The molecule has 0 amide bonds. The van der Waals surface area contributed by atoms with E-state index in [9.17, 15) is 59.7 Å².